The molecule has 0 N–H and O–H groups in total. The zero-order valence-corrected chi connectivity index (χ0v) is 15.5. The Morgan fingerprint density at radius 3 is 1.78 bits per heavy atom. The van der Waals surface area contributed by atoms with Gasteiger partial charge in [-0.15, -0.1) is 0 Å². The van der Waals surface area contributed by atoms with Crippen molar-refractivity contribution < 1.29 is 5.11 Å². The molecule has 0 bridgehead atoms. The lowest BCUT2D eigenvalue weighted by Crippen LogP contribution is -1.96. The third-order valence-electron chi connectivity index (χ3n) is 4.81. The lowest BCUT2D eigenvalue weighted by atomic mass is 9.95. The van der Waals surface area contributed by atoms with E-state index in [4.69, 9.17) is 0 Å². The first-order valence-corrected chi connectivity index (χ1v) is 10.1. The molecule has 1 aromatic carbocycles. The second-order valence-electron chi connectivity index (χ2n) is 6.93. The molecule has 0 saturated heterocycles. The molecule has 0 unspecified atom stereocenters. The first-order chi connectivity index (χ1) is 11.3. The Balaban J connectivity index is 2.33. The van der Waals surface area contributed by atoms with Crippen molar-refractivity contribution in [3.63, 3.8) is 0 Å². The molecule has 0 aliphatic heterocycles. The molecular weight excluding hydrogens is 280 g/mol. The van der Waals surface area contributed by atoms with Crippen LogP contribution in [-0.2, 0) is 17.9 Å². The molecule has 0 aliphatic rings. The first-order valence-electron chi connectivity index (χ1n) is 10.1. The van der Waals surface area contributed by atoms with Crippen LogP contribution in [0.2, 0.25) is 0 Å². The van der Waals surface area contributed by atoms with Crippen molar-refractivity contribution >= 4 is 0 Å². The van der Waals surface area contributed by atoms with E-state index in [2.05, 4.69) is 19.9 Å². The molecule has 1 aromatic rings. The van der Waals surface area contributed by atoms with Crippen LogP contribution in [0.3, 0.4) is 0 Å². The number of unbranched alkanes of at least 4 members (excludes halogenated alkanes) is 10. The highest BCUT2D eigenvalue weighted by Gasteiger charge is 2.09. The van der Waals surface area contributed by atoms with E-state index in [0.717, 1.165) is 18.4 Å². The van der Waals surface area contributed by atoms with E-state index in [0.29, 0.717) is 0 Å². The Labute approximate surface area is 144 Å². The monoisotopic (exact) mass is 317 g/mol. The van der Waals surface area contributed by atoms with Gasteiger partial charge in [-0.05, 0) is 37.3 Å². The van der Waals surface area contributed by atoms with Crippen LogP contribution in [0.4, 0.5) is 0 Å². The van der Waals surface area contributed by atoms with Crippen molar-refractivity contribution in [3.05, 3.63) is 29.3 Å². The van der Waals surface area contributed by atoms with Gasteiger partial charge < -0.3 is 0 Å². The van der Waals surface area contributed by atoms with E-state index >= 15 is 0 Å². The average molecular weight is 318 g/mol. The van der Waals surface area contributed by atoms with E-state index in [-0.39, 0.29) is 5.75 Å². The summed E-state index contributed by atoms with van der Waals surface area (Å²) in [4.78, 5) is 0. The molecule has 0 amide bonds. The van der Waals surface area contributed by atoms with Crippen molar-refractivity contribution in [2.45, 2.75) is 104 Å². The Morgan fingerprint density at radius 2 is 1.17 bits per heavy atom. The molecule has 23 heavy (non-hydrogen) atoms. The second kappa shape index (κ2) is 13.5. The van der Waals surface area contributed by atoms with Crippen LogP contribution >= 0.6 is 0 Å². The van der Waals surface area contributed by atoms with E-state index in [1.54, 1.807) is 6.07 Å². The van der Waals surface area contributed by atoms with Gasteiger partial charge in [0, 0.05) is 5.56 Å². The van der Waals surface area contributed by atoms with E-state index in [1.165, 1.54) is 82.6 Å². The van der Waals surface area contributed by atoms with Crippen LogP contribution in [0.1, 0.15) is 102 Å². The normalized spacial score (nSPS) is 11.0. The van der Waals surface area contributed by atoms with Gasteiger partial charge in [-0.1, -0.05) is 90.2 Å². The van der Waals surface area contributed by atoms with Crippen LogP contribution < -0.4 is 0 Å². The van der Waals surface area contributed by atoms with Gasteiger partial charge in [0.15, 0.2) is 5.75 Å². The summed E-state index contributed by atoms with van der Waals surface area (Å²) >= 11 is 0. The zero-order valence-electron chi connectivity index (χ0n) is 15.5. The zero-order chi connectivity index (χ0) is 16.8. The first kappa shape index (κ1) is 20.1. The molecule has 1 radical (unpaired) electrons. The minimum absolute atomic E-state index is 0.266. The highest BCUT2D eigenvalue weighted by molar-refractivity contribution is 5.39. The maximum Gasteiger partial charge on any atom is 0.182 e. The molecule has 0 saturated carbocycles. The van der Waals surface area contributed by atoms with Crippen LogP contribution in [-0.4, -0.2) is 0 Å². The van der Waals surface area contributed by atoms with Crippen LogP contribution in [0.5, 0.6) is 5.75 Å². The number of hydrogen-bond acceptors (Lipinski definition) is 0. The van der Waals surface area contributed by atoms with Crippen molar-refractivity contribution in [2.24, 2.45) is 0 Å². The molecule has 0 aromatic heterocycles. The molecule has 1 heteroatoms. The van der Waals surface area contributed by atoms with E-state index in [1.807, 2.05) is 6.07 Å². The molecular formula is C22H37O. The number of benzene rings is 1. The number of aryl methyl sites for hydroxylation is 1. The Kier molecular flexibility index (Phi) is 11.7. The summed E-state index contributed by atoms with van der Waals surface area (Å²) < 4.78 is 0. The lowest BCUT2D eigenvalue weighted by Gasteiger charge is -2.10. The summed E-state index contributed by atoms with van der Waals surface area (Å²) in [6, 6.07) is 5.87. The minimum atomic E-state index is 0.266. The molecule has 131 valence electrons. The van der Waals surface area contributed by atoms with Gasteiger partial charge >= 0.3 is 0 Å². The highest BCUT2D eigenvalue weighted by atomic mass is 16.3. The van der Waals surface area contributed by atoms with E-state index in [9.17, 15) is 5.11 Å². The predicted molar refractivity (Wildman–Crippen MR) is 101 cm³/mol. The van der Waals surface area contributed by atoms with Crippen LogP contribution in [0.25, 0.3) is 0 Å². The summed E-state index contributed by atoms with van der Waals surface area (Å²) in [6.45, 7) is 4.51. The fourth-order valence-corrected chi connectivity index (χ4v) is 3.31. The third-order valence-corrected chi connectivity index (χ3v) is 4.81. The van der Waals surface area contributed by atoms with Crippen molar-refractivity contribution in [1.82, 2.24) is 0 Å². The molecule has 1 nitrogen and oxygen atoms in total. The van der Waals surface area contributed by atoms with Crippen molar-refractivity contribution in [1.29, 1.82) is 0 Å². The molecule has 0 atom stereocenters. The molecule has 0 heterocycles. The summed E-state index contributed by atoms with van der Waals surface area (Å²) in [5.74, 6) is 0.266. The van der Waals surface area contributed by atoms with Gasteiger partial charge in [-0.2, -0.15) is 0 Å². The fourth-order valence-electron chi connectivity index (χ4n) is 3.31. The molecule has 0 fully saturated rings. The van der Waals surface area contributed by atoms with Gasteiger partial charge in [0.05, 0.1) is 0 Å². The smallest absolute Gasteiger partial charge is 0.182 e. The predicted octanol–water partition coefficient (Wildman–Crippen LogP) is 7.64. The fraction of sp³-hybridized carbons (Fsp3) is 0.727. The summed E-state index contributed by atoms with van der Waals surface area (Å²) in [5.41, 5.74) is 2.43. The third kappa shape index (κ3) is 9.03. The van der Waals surface area contributed by atoms with E-state index < -0.39 is 0 Å². The Morgan fingerprint density at radius 1 is 0.652 bits per heavy atom. The van der Waals surface area contributed by atoms with Crippen LogP contribution in [0.15, 0.2) is 18.2 Å². The summed E-state index contributed by atoms with van der Waals surface area (Å²) in [6.07, 6.45) is 17.7. The summed E-state index contributed by atoms with van der Waals surface area (Å²) in [5, 5.41) is 12.2. The largest absolute Gasteiger partial charge is 0.290 e. The lowest BCUT2D eigenvalue weighted by molar-refractivity contribution is 0.348. The van der Waals surface area contributed by atoms with Gasteiger partial charge in [0.2, 0.25) is 0 Å². The van der Waals surface area contributed by atoms with Gasteiger partial charge in [0.25, 0.3) is 0 Å². The molecule has 0 spiro atoms. The standard InChI is InChI=1S/C22H37O/c1-3-5-7-9-11-13-16-20-17-15-19-22(23)21(20)18-14-12-10-8-6-4-2/h15,17,19H,3-14,16,18H2,1-2H3. The summed E-state index contributed by atoms with van der Waals surface area (Å²) in [7, 11) is 0. The molecule has 0 aliphatic carbocycles. The maximum absolute atomic E-state index is 12.2. The van der Waals surface area contributed by atoms with Crippen molar-refractivity contribution in [3.8, 4) is 5.75 Å². The topological polar surface area (TPSA) is 19.9 Å². The average Bonchev–Trinajstić information content (AvgIpc) is 2.56. The Bertz CT molecular complexity index is 397. The van der Waals surface area contributed by atoms with Crippen molar-refractivity contribution in [2.75, 3.05) is 0 Å². The SMILES string of the molecule is CCCCCCCCc1cccc([O])c1CCCCCCCC. The quantitative estimate of drug-likeness (QED) is 0.314. The minimum Gasteiger partial charge on any atom is -0.290 e. The second-order valence-corrected chi connectivity index (χ2v) is 6.93. The number of hydrogen-bond donors (Lipinski definition) is 0. The van der Waals surface area contributed by atoms with Gasteiger partial charge in [0.1, 0.15) is 0 Å². The number of rotatable bonds is 14. The Hall–Kier alpha value is -0.980. The van der Waals surface area contributed by atoms with Crippen LogP contribution in [0, 0.1) is 0 Å². The van der Waals surface area contributed by atoms with Gasteiger partial charge in [-0.3, -0.25) is 5.11 Å². The van der Waals surface area contributed by atoms with Gasteiger partial charge in [-0.25, -0.2) is 0 Å². The highest BCUT2D eigenvalue weighted by Crippen LogP contribution is 2.26. The maximum atomic E-state index is 12.2. The molecule has 1 rings (SSSR count).